The zero-order valence-electron chi connectivity index (χ0n) is 8.00. The van der Waals surface area contributed by atoms with E-state index in [1.54, 1.807) is 0 Å². The monoisotopic (exact) mass is 223 g/mol. The van der Waals surface area contributed by atoms with Crippen molar-refractivity contribution in [3.63, 3.8) is 0 Å². The predicted molar refractivity (Wildman–Crippen MR) is 60.3 cm³/mol. The van der Waals surface area contributed by atoms with Crippen LogP contribution in [0, 0.1) is 0 Å². The summed E-state index contributed by atoms with van der Waals surface area (Å²) in [6.07, 6.45) is 3.74. The molecular weight excluding hydrogens is 214 g/mol. The molecule has 4 heteroatoms. The van der Waals surface area contributed by atoms with E-state index in [4.69, 9.17) is 16.3 Å². The highest BCUT2D eigenvalue weighted by molar-refractivity contribution is 6.19. The first-order chi connectivity index (χ1) is 7.29. The second kappa shape index (κ2) is 4.36. The molecule has 0 saturated heterocycles. The summed E-state index contributed by atoms with van der Waals surface area (Å²) in [6.45, 7) is 0.0872. The lowest BCUT2D eigenvalue weighted by Crippen LogP contribution is -2.25. The van der Waals surface area contributed by atoms with Crippen LogP contribution in [0.5, 0.6) is 5.75 Å². The maximum absolute atomic E-state index is 11.1. The van der Waals surface area contributed by atoms with Crippen LogP contribution in [0.3, 0.4) is 0 Å². The molecule has 0 unspecified atom stereocenters. The third kappa shape index (κ3) is 2.30. The summed E-state index contributed by atoms with van der Waals surface area (Å²) in [6, 6.07) is 5.61. The summed E-state index contributed by atoms with van der Waals surface area (Å²) in [5.41, 5.74) is 1.70. The second-order valence-electron chi connectivity index (χ2n) is 3.15. The standard InChI is InChI=1S/C11H10ClNO2/c12-5-1-2-8-3-4-10-9(6-8)13-11(14)7-15-10/h1-4,6H,5,7H2,(H,13,14). The molecule has 15 heavy (non-hydrogen) atoms. The summed E-state index contributed by atoms with van der Waals surface area (Å²) in [5.74, 6) is 1.05. The maximum Gasteiger partial charge on any atom is 0.262 e. The lowest BCUT2D eigenvalue weighted by molar-refractivity contribution is -0.118. The van der Waals surface area contributed by atoms with Crippen LogP contribution in [0.25, 0.3) is 6.08 Å². The van der Waals surface area contributed by atoms with Gasteiger partial charge >= 0.3 is 0 Å². The van der Waals surface area contributed by atoms with Crippen LogP contribution in [0.4, 0.5) is 5.69 Å². The van der Waals surface area contributed by atoms with Gasteiger partial charge in [-0.3, -0.25) is 4.79 Å². The van der Waals surface area contributed by atoms with Gasteiger partial charge < -0.3 is 10.1 Å². The largest absolute Gasteiger partial charge is 0.482 e. The number of benzene rings is 1. The molecule has 0 fully saturated rings. The fraction of sp³-hybridized carbons (Fsp3) is 0.182. The Morgan fingerprint density at radius 3 is 3.20 bits per heavy atom. The number of halogens is 1. The minimum absolute atomic E-state index is 0.0872. The number of anilines is 1. The Balaban J connectivity index is 2.28. The Kier molecular flexibility index (Phi) is 2.92. The minimum Gasteiger partial charge on any atom is -0.482 e. The molecule has 1 aromatic carbocycles. The molecular formula is C11H10ClNO2. The van der Waals surface area contributed by atoms with E-state index in [-0.39, 0.29) is 12.5 Å². The van der Waals surface area contributed by atoms with E-state index in [0.717, 1.165) is 5.56 Å². The molecule has 0 saturated carbocycles. The van der Waals surface area contributed by atoms with Crippen molar-refractivity contribution in [2.45, 2.75) is 0 Å². The lowest BCUT2D eigenvalue weighted by atomic mass is 10.1. The van der Waals surface area contributed by atoms with Crippen molar-refractivity contribution in [1.29, 1.82) is 0 Å². The minimum atomic E-state index is -0.124. The van der Waals surface area contributed by atoms with Gasteiger partial charge in [-0.2, -0.15) is 0 Å². The smallest absolute Gasteiger partial charge is 0.262 e. The summed E-state index contributed by atoms with van der Waals surface area (Å²) < 4.78 is 5.23. The number of amides is 1. The molecule has 1 heterocycles. The Morgan fingerprint density at radius 2 is 2.40 bits per heavy atom. The summed E-state index contributed by atoms with van der Waals surface area (Å²) in [7, 11) is 0. The van der Waals surface area contributed by atoms with Crippen LogP contribution < -0.4 is 10.1 Å². The number of fused-ring (bicyclic) bond motifs is 1. The number of hydrogen-bond donors (Lipinski definition) is 1. The molecule has 0 spiro atoms. The number of carbonyl (C=O) groups is 1. The van der Waals surface area contributed by atoms with E-state index >= 15 is 0 Å². The summed E-state index contributed by atoms with van der Waals surface area (Å²) in [4.78, 5) is 11.1. The van der Waals surface area contributed by atoms with Gasteiger partial charge in [0, 0.05) is 5.88 Å². The van der Waals surface area contributed by atoms with E-state index in [1.807, 2.05) is 30.4 Å². The highest BCUT2D eigenvalue weighted by atomic mass is 35.5. The van der Waals surface area contributed by atoms with Crippen LogP contribution in [0.2, 0.25) is 0 Å². The van der Waals surface area contributed by atoms with E-state index in [0.29, 0.717) is 17.3 Å². The van der Waals surface area contributed by atoms with E-state index in [1.165, 1.54) is 0 Å². The van der Waals surface area contributed by atoms with Gasteiger partial charge in [0.2, 0.25) is 0 Å². The third-order valence-corrected chi connectivity index (χ3v) is 2.21. The molecule has 0 radical (unpaired) electrons. The van der Waals surface area contributed by atoms with Gasteiger partial charge in [0.05, 0.1) is 5.69 Å². The molecule has 1 amide bonds. The zero-order chi connectivity index (χ0) is 10.7. The highest BCUT2D eigenvalue weighted by Crippen LogP contribution is 2.28. The molecule has 1 aliphatic heterocycles. The van der Waals surface area contributed by atoms with E-state index in [9.17, 15) is 4.79 Å². The number of nitrogens with one attached hydrogen (secondary N) is 1. The fourth-order valence-corrected chi connectivity index (χ4v) is 1.47. The van der Waals surface area contributed by atoms with Crippen LogP contribution in [-0.4, -0.2) is 18.4 Å². The Hall–Kier alpha value is -1.48. The van der Waals surface area contributed by atoms with Crippen LogP contribution in [0.1, 0.15) is 5.56 Å². The van der Waals surface area contributed by atoms with E-state index < -0.39 is 0 Å². The normalized spacial score (nSPS) is 14.6. The molecule has 0 aromatic heterocycles. The highest BCUT2D eigenvalue weighted by Gasteiger charge is 2.15. The summed E-state index contributed by atoms with van der Waals surface area (Å²) in [5, 5.41) is 2.75. The van der Waals surface area contributed by atoms with Crippen molar-refractivity contribution < 1.29 is 9.53 Å². The molecule has 0 bridgehead atoms. The fourth-order valence-electron chi connectivity index (χ4n) is 1.39. The lowest BCUT2D eigenvalue weighted by Gasteiger charge is -2.17. The Morgan fingerprint density at radius 1 is 1.53 bits per heavy atom. The van der Waals surface area contributed by atoms with Gasteiger partial charge in [-0.15, -0.1) is 11.6 Å². The van der Waals surface area contributed by atoms with Crippen molar-refractivity contribution in [3.8, 4) is 5.75 Å². The topological polar surface area (TPSA) is 38.3 Å². The molecule has 0 atom stereocenters. The van der Waals surface area contributed by atoms with Crippen molar-refractivity contribution in [2.75, 3.05) is 17.8 Å². The van der Waals surface area contributed by atoms with E-state index in [2.05, 4.69) is 5.32 Å². The first-order valence-electron chi connectivity index (χ1n) is 4.59. The zero-order valence-corrected chi connectivity index (χ0v) is 8.75. The number of hydrogen-bond acceptors (Lipinski definition) is 2. The van der Waals surface area contributed by atoms with Crippen molar-refractivity contribution >= 4 is 29.3 Å². The van der Waals surface area contributed by atoms with Crippen LogP contribution >= 0.6 is 11.6 Å². The summed E-state index contributed by atoms with van der Waals surface area (Å²) >= 11 is 5.54. The Bertz CT molecular complexity index is 415. The maximum atomic E-state index is 11.1. The van der Waals surface area contributed by atoms with Crippen molar-refractivity contribution in [3.05, 3.63) is 29.8 Å². The van der Waals surface area contributed by atoms with Gasteiger partial charge in [0.25, 0.3) is 5.91 Å². The Labute approximate surface area is 92.7 Å². The first kappa shape index (κ1) is 10.1. The number of ether oxygens (including phenoxy) is 1. The molecule has 3 nitrogen and oxygen atoms in total. The molecule has 1 N–H and O–H groups in total. The predicted octanol–water partition coefficient (Wildman–Crippen LogP) is 2.27. The van der Waals surface area contributed by atoms with Crippen molar-refractivity contribution in [1.82, 2.24) is 0 Å². The number of allylic oxidation sites excluding steroid dienone is 1. The average molecular weight is 224 g/mol. The van der Waals surface area contributed by atoms with Gasteiger partial charge in [-0.05, 0) is 17.7 Å². The first-order valence-corrected chi connectivity index (χ1v) is 5.12. The quantitative estimate of drug-likeness (QED) is 0.782. The van der Waals surface area contributed by atoms with Gasteiger partial charge in [0.15, 0.2) is 6.61 Å². The SMILES string of the molecule is O=C1COc2ccc(C=CCCl)cc2N1. The average Bonchev–Trinajstić information content (AvgIpc) is 2.25. The second-order valence-corrected chi connectivity index (χ2v) is 3.46. The number of alkyl halides is 1. The third-order valence-electron chi connectivity index (χ3n) is 2.04. The molecule has 1 aliphatic rings. The van der Waals surface area contributed by atoms with Gasteiger partial charge in [-0.1, -0.05) is 18.2 Å². The molecule has 1 aromatic rings. The van der Waals surface area contributed by atoms with Crippen LogP contribution in [0.15, 0.2) is 24.3 Å². The molecule has 0 aliphatic carbocycles. The molecule has 78 valence electrons. The number of rotatable bonds is 2. The van der Waals surface area contributed by atoms with Crippen molar-refractivity contribution in [2.24, 2.45) is 0 Å². The van der Waals surface area contributed by atoms with Gasteiger partial charge in [0.1, 0.15) is 5.75 Å². The van der Waals surface area contributed by atoms with Crippen LogP contribution in [-0.2, 0) is 4.79 Å². The molecule has 2 rings (SSSR count). The number of carbonyl (C=O) groups excluding carboxylic acids is 1. The van der Waals surface area contributed by atoms with Gasteiger partial charge in [-0.25, -0.2) is 0 Å².